The summed E-state index contributed by atoms with van der Waals surface area (Å²) in [6, 6.07) is 16.5. The Morgan fingerprint density at radius 1 is 1.11 bits per heavy atom. The molecule has 2 fully saturated rings. The molecule has 4 rings (SSSR count). The normalized spacial score (nSPS) is 24.5. The van der Waals surface area contributed by atoms with Crippen LogP contribution in [0.1, 0.15) is 28.4 Å². The largest absolute Gasteiger partial charge is 0.331 e. The van der Waals surface area contributed by atoms with Gasteiger partial charge in [-0.05, 0) is 54.7 Å². The lowest BCUT2D eigenvalue weighted by Crippen LogP contribution is -2.36. The number of fused-ring (bicyclic) bond motifs is 1. The molecule has 2 heterocycles. The van der Waals surface area contributed by atoms with Gasteiger partial charge in [0.05, 0.1) is 6.04 Å². The summed E-state index contributed by atoms with van der Waals surface area (Å²) in [4.78, 5) is 17.8. The molecule has 0 spiro atoms. The van der Waals surface area contributed by atoms with Crippen LogP contribution in [0.25, 0.3) is 0 Å². The van der Waals surface area contributed by atoms with Crippen molar-refractivity contribution >= 4 is 17.7 Å². The molecule has 3 nitrogen and oxygen atoms in total. The third kappa shape index (κ3) is 3.96. The maximum absolute atomic E-state index is 13.7. The number of benzene rings is 2. The zero-order valence-corrected chi connectivity index (χ0v) is 17.1. The third-order valence-electron chi connectivity index (χ3n) is 6.04. The van der Waals surface area contributed by atoms with E-state index in [1.165, 1.54) is 29.9 Å². The molecule has 2 aromatic rings. The van der Waals surface area contributed by atoms with Crippen molar-refractivity contribution in [3.8, 4) is 0 Å². The maximum Gasteiger partial charge on any atom is 0.254 e. The highest BCUT2D eigenvalue weighted by Gasteiger charge is 2.48. The summed E-state index contributed by atoms with van der Waals surface area (Å²) < 4.78 is 13.7. The lowest BCUT2D eigenvalue weighted by molar-refractivity contribution is 0.0700. The molecule has 0 unspecified atom stereocenters. The summed E-state index contributed by atoms with van der Waals surface area (Å²) in [5.74, 6) is 1.70. The Bertz CT molecular complexity index is 815. The summed E-state index contributed by atoms with van der Waals surface area (Å²) in [5.41, 5.74) is 1.63. The Balaban J connectivity index is 1.57. The first-order valence-corrected chi connectivity index (χ1v) is 11.4. The second-order valence-electron chi connectivity index (χ2n) is 7.85. The SMILES string of the molecule is CSCCCN1C[C@H]2CN(C(=O)c3cccc(F)c3)[C@H](c3ccccc3)[C@H]2C1. The second-order valence-corrected chi connectivity index (χ2v) is 8.84. The fourth-order valence-corrected chi connectivity index (χ4v) is 5.24. The Hall–Kier alpha value is -1.85. The molecule has 0 N–H and O–H groups in total. The van der Waals surface area contributed by atoms with Gasteiger partial charge in [-0.15, -0.1) is 0 Å². The Kier molecular flexibility index (Phi) is 6.02. The third-order valence-corrected chi connectivity index (χ3v) is 6.73. The molecular weight excluding hydrogens is 371 g/mol. The molecule has 2 aliphatic rings. The van der Waals surface area contributed by atoms with Crippen molar-refractivity contribution in [1.29, 1.82) is 0 Å². The molecule has 0 bridgehead atoms. The van der Waals surface area contributed by atoms with Crippen LogP contribution in [-0.4, -0.2) is 53.9 Å². The molecule has 28 heavy (non-hydrogen) atoms. The molecule has 2 aromatic carbocycles. The minimum atomic E-state index is -0.360. The van der Waals surface area contributed by atoms with Crippen molar-refractivity contribution in [2.45, 2.75) is 12.5 Å². The van der Waals surface area contributed by atoms with Gasteiger partial charge in [-0.2, -0.15) is 11.8 Å². The molecule has 0 aromatic heterocycles. The van der Waals surface area contributed by atoms with Crippen LogP contribution in [-0.2, 0) is 0 Å². The van der Waals surface area contributed by atoms with E-state index in [2.05, 4.69) is 23.3 Å². The van der Waals surface area contributed by atoms with Crippen LogP contribution in [0.4, 0.5) is 4.39 Å². The highest BCUT2D eigenvalue weighted by molar-refractivity contribution is 7.98. The van der Waals surface area contributed by atoms with Crippen LogP contribution in [0.5, 0.6) is 0 Å². The first kappa shape index (κ1) is 19.5. The number of halogens is 1. The Morgan fingerprint density at radius 3 is 2.68 bits per heavy atom. The van der Waals surface area contributed by atoms with Crippen molar-refractivity contribution in [3.05, 3.63) is 71.5 Å². The lowest BCUT2D eigenvalue weighted by atomic mass is 9.89. The molecule has 5 heteroatoms. The van der Waals surface area contributed by atoms with Crippen LogP contribution in [0.3, 0.4) is 0 Å². The van der Waals surface area contributed by atoms with Crippen LogP contribution in [0, 0.1) is 17.7 Å². The van der Waals surface area contributed by atoms with Gasteiger partial charge in [0, 0.05) is 31.1 Å². The molecule has 0 radical (unpaired) electrons. The molecular formula is C23H27FN2OS. The standard InChI is InChI=1S/C23H27FN2OS/c1-28-12-6-11-25-14-19-15-26(23(27)18-9-5-10-20(24)13-18)22(21(19)16-25)17-7-3-2-4-8-17/h2-5,7-10,13,19,21-22H,6,11-12,14-16H2,1H3/t19-,21-,22+/m0/s1. The summed E-state index contributed by atoms with van der Waals surface area (Å²) in [6.45, 7) is 3.96. The van der Waals surface area contributed by atoms with Gasteiger partial charge in [0.25, 0.3) is 5.91 Å². The topological polar surface area (TPSA) is 23.6 Å². The Labute approximate surface area is 170 Å². The molecule has 0 aliphatic carbocycles. The van der Waals surface area contributed by atoms with Gasteiger partial charge < -0.3 is 9.80 Å². The quantitative estimate of drug-likeness (QED) is 0.677. The van der Waals surface area contributed by atoms with Crippen LogP contribution < -0.4 is 0 Å². The van der Waals surface area contributed by atoms with Crippen LogP contribution in [0.15, 0.2) is 54.6 Å². The van der Waals surface area contributed by atoms with Crippen LogP contribution >= 0.6 is 11.8 Å². The van der Waals surface area contributed by atoms with E-state index in [0.29, 0.717) is 17.4 Å². The number of carbonyl (C=O) groups excluding carboxylic acids is 1. The maximum atomic E-state index is 13.7. The van der Waals surface area contributed by atoms with E-state index < -0.39 is 0 Å². The second kappa shape index (κ2) is 8.66. The molecule has 3 atom stereocenters. The number of likely N-dealkylation sites (tertiary alicyclic amines) is 2. The average Bonchev–Trinajstić information content (AvgIpc) is 3.25. The van der Waals surface area contributed by atoms with Crippen molar-refractivity contribution in [2.24, 2.45) is 11.8 Å². The van der Waals surface area contributed by atoms with Crippen molar-refractivity contribution in [2.75, 3.05) is 38.2 Å². The summed E-state index contributed by atoms with van der Waals surface area (Å²) >= 11 is 1.90. The fraction of sp³-hybridized carbons (Fsp3) is 0.435. The van der Waals surface area contributed by atoms with E-state index >= 15 is 0 Å². The number of thioether (sulfide) groups is 1. The first-order chi connectivity index (χ1) is 13.7. The molecule has 0 saturated carbocycles. The zero-order valence-electron chi connectivity index (χ0n) is 16.3. The number of hydrogen-bond donors (Lipinski definition) is 0. The highest BCUT2D eigenvalue weighted by atomic mass is 32.2. The van der Waals surface area contributed by atoms with Gasteiger partial charge in [-0.1, -0.05) is 36.4 Å². The fourth-order valence-electron chi connectivity index (χ4n) is 4.83. The van der Waals surface area contributed by atoms with Crippen molar-refractivity contribution in [3.63, 3.8) is 0 Å². The first-order valence-electron chi connectivity index (χ1n) is 10.00. The monoisotopic (exact) mass is 398 g/mol. The van der Waals surface area contributed by atoms with Crippen LogP contribution in [0.2, 0.25) is 0 Å². The van der Waals surface area contributed by atoms with E-state index in [0.717, 1.165) is 26.2 Å². The average molecular weight is 399 g/mol. The molecule has 2 aliphatic heterocycles. The molecule has 2 saturated heterocycles. The molecule has 148 valence electrons. The summed E-state index contributed by atoms with van der Waals surface area (Å²) in [7, 11) is 0. The lowest BCUT2D eigenvalue weighted by Gasteiger charge is -2.30. The summed E-state index contributed by atoms with van der Waals surface area (Å²) in [6.07, 6.45) is 3.36. The number of carbonyl (C=O) groups is 1. The van der Waals surface area contributed by atoms with E-state index in [-0.39, 0.29) is 17.8 Å². The number of hydrogen-bond acceptors (Lipinski definition) is 3. The predicted molar refractivity (Wildman–Crippen MR) is 113 cm³/mol. The van der Waals surface area contributed by atoms with E-state index in [9.17, 15) is 9.18 Å². The molecule has 1 amide bonds. The number of amides is 1. The number of nitrogens with zero attached hydrogens (tertiary/aromatic N) is 2. The minimum Gasteiger partial charge on any atom is -0.331 e. The van der Waals surface area contributed by atoms with E-state index in [1.54, 1.807) is 12.1 Å². The van der Waals surface area contributed by atoms with Gasteiger partial charge in [0.2, 0.25) is 0 Å². The van der Waals surface area contributed by atoms with Gasteiger partial charge in [-0.25, -0.2) is 4.39 Å². The van der Waals surface area contributed by atoms with Gasteiger partial charge in [0.15, 0.2) is 0 Å². The highest BCUT2D eigenvalue weighted by Crippen LogP contribution is 2.45. The van der Waals surface area contributed by atoms with E-state index in [1.807, 2.05) is 34.9 Å². The van der Waals surface area contributed by atoms with Gasteiger partial charge >= 0.3 is 0 Å². The predicted octanol–water partition coefficient (Wildman–Crippen LogP) is 4.32. The Morgan fingerprint density at radius 2 is 1.93 bits per heavy atom. The van der Waals surface area contributed by atoms with Gasteiger partial charge in [0.1, 0.15) is 5.82 Å². The minimum absolute atomic E-state index is 0.0586. The van der Waals surface area contributed by atoms with Crippen molar-refractivity contribution < 1.29 is 9.18 Å². The smallest absolute Gasteiger partial charge is 0.254 e. The van der Waals surface area contributed by atoms with E-state index in [4.69, 9.17) is 0 Å². The summed E-state index contributed by atoms with van der Waals surface area (Å²) in [5, 5.41) is 0. The zero-order chi connectivity index (χ0) is 19.5. The van der Waals surface area contributed by atoms with Gasteiger partial charge in [-0.3, -0.25) is 4.79 Å². The van der Waals surface area contributed by atoms with Crippen molar-refractivity contribution in [1.82, 2.24) is 9.80 Å². The number of rotatable bonds is 6.